The molecular weight excluding hydrogens is 318 g/mol. The van der Waals surface area contributed by atoms with Crippen LogP contribution in [0.25, 0.3) is 11.4 Å². The molecule has 0 aliphatic carbocycles. The fourth-order valence-electron chi connectivity index (χ4n) is 2.49. The Morgan fingerprint density at radius 2 is 2.35 bits per heavy atom. The molecule has 1 fully saturated rings. The lowest BCUT2D eigenvalue weighted by Crippen LogP contribution is -2.09. The average molecular weight is 336 g/mol. The zero-order valence-electron chi connectivity index (χ0n) is 11.5. The Hall–Kier alpha value is -1.20. The van der Waals surface area contributed by atoms with E-state index in [1.807, 2.05) is 12.1 Å². The number of nitrogens with one attached hydrogen (secondary N) is 1. The van der Waals surface area contributed by atoms with Gasteiger partial charge in [0.05, 0.1) is 0 Å². The first-order valence-electron chi connectivity index (χ1n) is 7.02. The summed E-state index contributed by atoms with van der Waals surface area (Å²) in [4.78, 5) is 4.49. The fourth-order valence-corrected chi connectivity index (χ4v) is 2.87. The third kappa shape index (κ3) is 3.10. The van der Waals surface area contributed by atoms with Crippen LogP contribution in [-0.4, -0.2) is 23.2 Å². The van der Waals surface area contributed by atoms with Crippen LogP contribution in [0.2, 0.25) is 0 Å². The van der Waals surface area contributed by atoms with Gasteiger partial charge in [0.25, 0.3) is 0 Å². The monoisotopic (exact) mass is 335 g/mol. The highest BCUT2D eigenvalue weighted by molar-refractivity contribution is 9.10. The molecule has 0 saturated carbocycles. The van der Waals surface area contributed by atoms with Crippen molar-refractivity contribution in [3.8, 4) is 11.4 Å². The summed E-state index contributed by atoms with van der Waals surface area (Å²) in [6.07, 6.45) is 3.24. The molecular formula is C15H18BrN3O. The molecule has 0 radical (unpaired) electrons. The number of nitrogens with zero attached hydrogens (tertiary/aromatic N) is 2. The lowest BCUT2D eigenvalue weighted by atomic mass is 10.0. The predicted octanol–water partition coefficient (Wildman–Crippen LogP) is 3.35. The van der Waals surface area contributed by atoms with Gasteiger partial charge in [0.15, 0.2) is 0 Å². The summed E-state index contributed by atoms with van der Waals surface area (Å²) < 4.78 is 6.42. The Balaban J connectivity index is 1.67. The number of aryl methyl sites for hydroxylation is 2. The summed E-state index contributed by atoms with van der Waals surface area (Å²) in [7, 11) is 0. The molecule has 1 aliphatic rings. The molecule has 1 atom stereocenters. The second-order valence-electron chi connectivity index (χ2n) is 5.37. The van der Waals surface area contributed by atoms with Crippen molar-refractivity contribution in [2.75, 3.05) is 13.1 Å². The van der Waals surface area contributed by atoms with Crippen LogP contribution in [-0.2, 0) is 6.42 Å². The van der Waals surface area contributed by atoms with Crippen LogP contribution in [0.5, 0.6) is 0 Å². The molecule has 0 amide bonds. The van der Waals surface area contributed by atoms with Gasteiger partial charge in [-0.15, -0.1) is 0 Å². The summed E-state index contributed by atoms with van der Waals surface area (Å²) >= 11 is 3.53. The molecule has 1 aliphatic heterocycles. The Bertz CT molecular complexity index is 591. The molecule has 5 heteroatoms. The lowest BCUT2D eigenvalue weighted by Gasteiger charge is -2.04. The second kappa shape index (κ2) is 6.06. The third-order valence-corrected chi connectivity index (χ3v) is 4.68. The first kappa shape index (κ1) is 13.8. The van der Waals surface area contributed by atoms with E-state index in [4.69, 9.17) is 4.52 Å². The molecule has 2 aromatic rings. The molecule has 1 N–H and O–H groups in total. The largest absolute Gasteiger partial charge is 0.339 e. The minimum atomic E-state index is 0.672. The van der Waals surface area contributed by atoms with E-state index in [1.54, 1.807) is 0 Å². The van der Waals surface area contributed by atoms with Crippen molar-refractivity contribution in [1.82, 2.24) is 15.5 Å². The van der Waals surface area contributed by atoms with Gasteiger partial charge in [0.1, 0.15) is 0 Å². The van der Waals surface area contributed by atoms with Gasteiger partial charge in [-0.05, 0) is 50.4 Å². The fraction of sp³-hybridized carbons (Fsp3) is 0.467. The highest BCUT2D eigenvalue weighted by Gasteiger charge is 2.16. The molecule has 106 valence electrons. The van der Waals surface area contributed by atoms with Crippen molar-refractivity contribution in [2.45, 2.75) is 26.2 Å². The number of hydrogen-bond donors (Lipinski definition) is 1. The van der Waals surface area contributed by atoms with E-state index in [0.717, 1.165) is 47.8 Å². The van der Waals surface area contributed by atoms with Crippen molar-refractivity contribution in [1.29, 1.82) is 0 Å². The molecule has 20 heavy (non-hydrogen) atoms. The van der Waals surface area contributed by atoms with Crippen molar-refractivity contribution in [3.05, 3.63) is 34.1 Å². The van der Waals surface area contributed by atoms with Gasteiger partial charge in [-0.3, -0.25) is 0 Å². The lowest BCUT2D eigenvalue weighted by molar-refractivity contribution is 0.365. The predicted molar refractivity (Wildman–Crippen MR) is 81.5 cm³/mol. The maximum Gasteiger partial charge on any atom is 0.226 e. The summed E-state index contributed by atoms with van der Waals surface area (Å²) in [5.74, 6) is 2.16. The van der Waals surface area contributed by atoms with Crippen LogP contribution >= 0.6 is 15.9 Å². The summed E-state index contributed by atoms with van der Waals surface area (Å²) in [5.41, 5.74) is 2.19. The van der Waals surface area contributed by atoms with Crippen LogP contribution in [0.15, 0.2) is 27.2 Å². The zero-order valence-corrected chi connectivity index (χ0v) is 13.1. The van der Waals surface area contributed by atoms with Gasteiger partial charge in [-0.25, -0.2) is 0 Å². The van der Waals surface area contributed by atoms with Gasteiger partial charge in [0.2, 0.25) is 11.7 Å². The highest BCUT2D eigenvalue weighted by atomic mass is 79.9. The molecule has 1 aromatic carbocycles. The maximum atomic E-state index is 5.35. The normalized spacial score (nSPS) is 18.6. The molecule has 1 saturated heterocycles. The van der Waals surface area contributed by atoms with Crippen molar-refractivity contribution in [2.24, 2.45) is 5.92 Å². The first-order chi connectivity index (χ1) is 9.72. The van der Waals surface area contributed by atoms with E-state index in [2.05, 4.69) is 44.4 Å². The maximum absolute atomic E-state index is 5.35. The van der Waals surface area contributed by atoms with Gasteiger partial charge < -0.3 is 9.84 Å². The number of halogens is 1. The second-order valence-corrected chi connectivity index (χ2v) is 6.23. The summed E-state index contributed by atoms with van der Waals surface area (Å²) in [5, 5.41) is 7.46. The standard InChI is InChI=1S/C15H18BrN3O/c1-10-2-4-12(8-13(10)16)15-18-14(20-19-15)5-3-11-6-7-17-9-11/h2,4,8,11,17H,3,5-7,9H2,1H3. The Kier molecular flexibility index (Phi) is 4.17. The molecule has 2 heterocycles. The zero-order chi connectivity index (χ0) is 13.9. The Labute approximate surface area is 127 Å². The molecule has 4 nitrogen and oxygen atoms in total. The minimum absolute atomic E-state index is 0.672. The van der Waals surface area contributed by atoms with Gasteiger partial charge in [-0.1, -0.05) is 33.2 Å². The van der Waals surface area contributed by atoms with E-state index < -0.39 is 0 Å². The average Bonchev–Trinajstić information content (AvgIpc) is 3.10. The van der Waals surface area contributed by atoms with E-state index >= 15 is 0 Å². The van der Waals surface area contributed by atoms with Crippen LogP contribution < -0.4 is 5.32 Å². The van der Waals surface area contributed by atoms with Crippen molar-refractivity contribution < 1.29 is 4.52 Å². The quantitative estimate of drug-likeness (QED) is 0.930. The van der Waals surface area contributed by atoms with Crippen molar-refractivity contribution >= 4 is 15.9 Å². The highest BCUT2D eigenvalue weighted by Crippen LogP contribution is 2.24. The smallest absolute Gasteiger partial charge is 0.226 e. The molecule has 0 spiro atoms. The number of hydrogen-bond acceptors (Lipinski definition) is 4. The van der Waals surface area contributed by atoms with Crippen LogP contribution in [0.1, 0.15) is 24.3 Å². The van der Waals surface area contributed by atoms with E-state index in [0.29, 0.717) is 5.82 Å². The Morgan fingerprint density at radius 3 is 3.10 bits per heavy atom. The number of aromatic nitrogens is 2. The van der Waals surface area contributed by atoms with Gasteiger partial charge in [-0.2, -0.15) is 4.98 Å². The summed E-state index contributed by atoms with van der Waals surface area (Å²) in [6, 6.07) is 6.11. The third-order valence-electron chi connectivity index (χ3n) is 3.83. The van der Waals surface area contributed by atoms with E-state index in [1.165, 1.54) is 12.0 Å². The van der Waals surface area contributed by atoms with Crippen molar-refractivity contribution in [3.63, 3.8) is 0 Å². The Morgan fingerprint density at radius 1 is 1.45 bits per heavy atom. The number of benzene rings is 1. The van der Waals surface area contributed by atoms with E-state index in [-0.39, 0.29) is 0 Å². The van der Waals surface area contributed by atoms with Crippen LogP contribution in [0, 0.1) is 12.8 Å². The minimum Gasteiger partial charge on any atom is -0.339 e. The topological polar surface area (TPSA) is 51.0 Å². The van der Waals surface area contributed by atoms with Crippen LogP contribution in [0.3, 0.4) is 0 Å². The molecule has 0 bridgehead atoms. The summed E-state index contributed by atoms with van der Waals surface area (Å²) in [6.45, 7) is 4.31. The van der Waals surface area contributed by atoms with Crippen LogP contribution in [0.4, 0.5) is 0 Å². The van der Waals surface area contributed by atoms with E-state index in [9.17, 15) is 0 Å². The molecule has 3 rings (SSSR count). The number of rotatable bonds is 4. The molecule has 1 unspecified atom stereocenters. The van der Waals surface area contributed by atoms with Gasteiger partial charge >= 0.3 is 0 Å². The first-order valence-corrected chi connectivity index (χ1v) is 7.81. The van der Waals surface area contributed by atoms with Gasteiger partial charge in [0, 0.05) is 16.5 Å². The molecule has 1 aromatic heterocycles. The SMILES string of the molecule is Cc1ccc(-c2noc(CCC3CCNC3)n2)cc1Br.